The maximum Gasteiger partial charge on any atom is 0.239 e. The minimum atomic E-state index is -0.0315. The number of amides is 1. The van der Waals surface area contributed by atoms with E-state index < -0.39 is 0 Å². The molecule has 7 nitrogen and oxygen atoms in total. The van der Waals surface area contributed by atoms with Gasteiger partial charge in [-0.15, -0.1) is 24.0 Å². The van der Waals surface area contributed by atoms with Crippen LogP contribution >= 0.6 is 24.0 Å². The second-order valence-electron chi connectivity index (χ2n) is 6.35. The summed E-state index contributed by atoms with van der Waals surface area (Å²) in [6.07, 6.45) is 3.90. The number of nitrogens with one attached hydrogen (secondary N) is 2. The minimum Gasteiger partial charge on any atom is -0.383 e. The second kappa shape index (κ2) is 11.9. The minimum absolute atomic E-state index is 0. The summed E-state index contributed by atoms with van der Waals surface area (Å²) in [6, 6.07) is 0. The Labute approximate surface area is 162 Å². The van der Waals surface area contributed by atoms with E-state index in [1.807, 2.05) is 0 Å². The molecule has 0 saturated carbocycles. The molecule has 0 aromatic heterocycles. The molecule has 1 unspecified atom stereocenters. The third-order valence-electron chi connectivity index (χ3n) is 4.55. The summed E-state index contributed by atoms with van der Waals surface area (Å²) < 4.78 is 4.92. The van der Waals surface area contributed by atoms with E-state index in [1.54, 1.807) is 14.2 Å². The van der Waals surface area contributed by atoms with Crippen molar-refractivity contribution in [1.82, 2.24) is 20.4 Å². The summed E-state index contributed by atoms with van der Waals surface area (Å²) in [5.74, 6) is 1.51. The molecule has 2 N–H and O–H groups in total. The Morgan fingerprint density at radius 3 is 2.67 bits per heavy atom. The average Bonchev–Trinajstić information content (AvgIpc) is 3.21. The van der Waals surface area contributed by atoms with Crippen molar-refractivity contribution in [3.63, 3.8) is 0 Å². The van der Waals surface area contributed by atoms with Crippen molar-refractivity contribution < 1.29 is 9.53 Å². The molecular weight excluding hydrogens is 421 g/mol. The number of methoxy groups -OCH3 is 1. The van der Waals surface area contributed by atoms with Gasteiger partial charge in [0.05, 0.1) is 13.2 Å². The van der Waals surface area contributed by atoms with E-state index in [2.05, 4.69) is 25.4 Å². The molecule has 1 amide bonds. The zero-order valence-electron chi connectivity index (χ0n) is 14.9. The zero-order chi connectivity index (χ0) is 16.5. The molecule has 2 heterocycles. The van der Waals surface area contributed by atoms with E-state index in [0.29, 0.717) is 19.1 Å². The van der Waals surface area contributed by atoms with Gasteiger partial charge in [-0.3, -0.25) is 9.79 Å². The van der Waals surface area contributed by atoms with Gasteiger partial charge >= 0.3 is 0 Å². The molecule has 1 atom stereocenters. The second-order valence-corrected chi connectivity index (χ2v) is 6.35. The van der Waals surface area contributed by atoms with Gasteiger partial charge < -0.3 is 25.2 Å². The molecule has 8 heteroatoms. The van der Waals surface area contributed by atoms with Crippen LogP contribution in [0.25, 0.3) is 0 Å². The van der Waals surface area contributed by atoms with Gasteiger partial charge in [-0.05, 0) is 38.3 Å². The molecule has 24 heavy (non-hydrogen) atoms. The topological polar surface area (TPSA) is 69.2 Å². The Kier molecular flexibility index (Phi) is 10.6. The third-order valence-corrected chi connectivity index (χ3v) is 4.55. The van der Waals surface area contributed by atoms with Gasteiger partial charge in [-0.25, -0.2) is 0 Å². The standard InChI is InChI=1S/C16H31N5O2.HI/c1-17-16(19-11-15(22)18-6-10-23-2)21-9-5-14(13-21)12-20-7-3-4-8-20;/h14H,3-13H2,1-2H3,(H,17,19)(H,18,22);1H. The van der Waals surface area contributed by atoms with Crippen LogP contribution in [0.3, 0.4) is 0 Å². The fraction of sp³-hybridized carbons (Fsp3) is 0.875. The predicted octanol–water partition coefficient (Wildman–Crippen LogP) is 0.360. The molecule has 0 spiro atoms. The maximum atomic E-state index is 11.7. The van der Waals surface area contributed by atoms with Crippen molar-refractivity contribution in [1.29, 1.82) is 0 Å². The Hall–Kier alpha value is -0.610. The first-order valence-corrected chi connectivity index (χ1v) is 8.66. The summed E-state index contributed by atoms with van der Waals surface area (Å²) >= 11 is 0. The Morgan fingerprint density at radius 1 is 1.25 bits per heavy atom. The molecule has 0 aromatic carbocycles. The maximum absolute atomic E-state index is 11.7. The van der Waals surface area contributed by atoms with Crippen LogP contribution in [-0.2, 0) is 9.53 Å². The lowest BCUT2D eigenvalue weighted by atomic mass is 10.1. The van der Waals surface area contributed by atoms with Gasteiger partial charge in [0.2, 0.25) is 5.91 Å². The quantitative estimate of drug-likeness (QED) is 0.252. The molecule has 2 fully saturated rings. The summed E-state index contributed by atoms with van der Waals surface area (Å²) in [4.78, 5) is 20.9. The molecule has 140 valence electrons. The zero-order valence-corrected chi connectivity index (χ0v) is 17.3. The number of carbonyl (C=O) groups is 1. The molecule has 0 radical (unpaired) electrons. The van der Waals surface area contributed by atoms with Gasteiger partial charge in [-0.1, -0.05) is 0 Å². The van der Waals surface area contributed by atoms with Crippen LogP contribution in [0.4, 0.5) is 0 Å². The number of likely N-dealkylation sites (tertiary alicyclic amines) is 2. The van der Waals surface area contributed by atoms with Crippen molar-refractivity contribution in [2.45, 2.75) is 19.3 Å². The number of hydrogen-bond acceptors (Lipinski definition) is 4. The molecule has 2 rings (SSSR count). The van der Waals surface area contributed by atoms with Gasteiger partial charge in [0.1, 0.15) is 0 Å². The van der Waals surface area contributed by atoms with Gasteiger partial charge in [-0.2, -0.15) is 0 Å². The molecule has 2 aliphatic rings. The highest BCUT2D eigenvalue weighted by Gasteiger charge is 2.27. The van der Waals surface area contributed by atoms with Gasteiger partial charge in [0, 0.05) is 40.3 Å². The Balaban J connectivity index is 0.00000288. The average molecular weight is 453 g/mol. The Bertz CT molecular complexity index is 402. The van der Waals surface area contributed by atoms with Crippen LogP contribution in [-0.4, -0.2) is 88.2 Å². The predicted molar refractivity (Wildman–Crippen MR) is 107 cm³/mol. The first-order valence-electron chi connectivity index (χ1n) is 8.66. The summed E-state index contributed by atoms with van der Waals surface area (Å²) in [6.45, 7) is 7.08. The fourth-order valence-electron chi connectivity index (χ4n) is 3.35. The normalized spacial score (nSPS) is 21.7. The molecule has 2 saturated heterocycles. The number of carbonyl (C=O) groups excluding carboxylic acids is 1. The first-order chi connectivity index (χ1) is 11.2. The molecule has 2 aliphatic heterocycles. The van der Waals surface area contributed by atoms with E-state index in [1.165, 1.54) is 38.9 Å². The SMILES string of the molecule is CN=C(NCC(=O)NCCOC)N1CCC(CN2CCCC2)C1.I. The number of nitrogens with zero attached hydrogens (tertiary/aromatic N) is 3. The number of rotatable bonds is 7. The van der Waals surface area contributed by atoms with E-state index in [9.17, 15) is 4.79 Å². The van der Waals surface area contributed by atoms with Crippen molar-refractivity contribution in [2.24, 2.45) is 10.9 Å². The molecule has 0 bridgehead atoms. The number of ether oxygens (including phenoxy) is 1. The number of guanidine groups is 1. The Morgan fingerprint density at radius 2 is 2.00 bits per heavy atom. The summed E-state index contributed by atoms with van der Waals surface area (Å²) in [5, 5.41) is 5.97. The lowest BCUT2D eigenvalue weighted by molar-refractivity contribution is -0.120. The van der Waals surface area contributed by atoms with E-state index in [0.717, 1.165) is 19.0 Å². The lowest BCUT2D eigenvalue weighted by Gasteiger charge is -2.23. The smallest absolute Gasteiger partial charge is 0.239 e. The van der Waals surface area contributed by atoms with Crippen molar-refractivity contribution in [2.75, 3.05) is 66.6 Å². The molecule has 0 aromatic rings. The number of aliphatic imine (C=N–C) groups is 1. The first kappa shape index (κ1) is 21.4. The van der Waals surface area contributed by atoms with Crippen LogP contribution in [0.1, 0.15) is 19.3 Å². The van der Waals surface area contributed by atoms with Gasteiger partial charge in [0.25, 0.3) is 0 Å². The third kappa shape index (κ3) is 7.10. The fourth-order valence-corrected chi connectivity index (χ4v) is 3.35. The van der Waals surface area contributed by atoms with E-state index >= 15 is 0 Å². The van der Waals surface area contributed by atoms with E-state index in [-0.39, 0.29) is 36.4 Å². The van der Waals surface area contributed by atoms with Crippen molar-refractivity contribution >= 4 is 35.8 Å². The lowest BCUT2D eigenvalue weighted by Crippen LogP contribution is -2.45. The largest absolute Gasteiger partial charge is 0.383 e. The highest BCUT2D eigenvalue weighted by Crippen LogP contribution is 2.19. The monoisotopic (exact) mass is 453 g/mol. The van der Waals surface area contributed by atoms with Gasteiger partial charge in [0.15, 0.2) is 5.96 Å². The summed E-state index contributed by atoms with van der Waals surface area (Å²) in [5.41, 5.74) is 0. The van der Waals surface area contributed by atoms with E-state index in [4.69, 9.17) is 4.74 Å². The van der Waals surface area contributed by atoms with Crippen LogP contribution in [0.15, 0.2) is 4.99 Å². The van der Waals surface area contributed by atoms with Crippen LogP contribution in [0.2, 0.25) is 0 Å². The van der Waals surface area contributed by atoms with Crippen LogP contribution < -0.4 is 10.6 Å². The van der Waals surface area contributed by atoms with Crippen LogP contribution in [0.5, 0.6) is 0 Å². The van der Waals surface area contributed by atoms with Crippen molar-refractivity contribution in [3.8, 4) is 0 Å². The molecule has 0 aliphatic carbocycles. The summed E-state index contributed by atoms with van der Waals surface area (Å²) in [7, 11) is 3.40. The number of hydrogen-bond donors (Lipinski definition) is 2. The molecular formula is C16H32IN5O2. The van der Waals surface area contributed by atoms with Crippen LogP contribution in [0, 0.1) is 5.92 Å². The highest BCUT2D eigenvalue weighted by molar-refractivity contribution is 14.0. The highest BCUT2D eigenvalue weighted by atomic mass is 127. The number of halogens is 1. The van der Waals surface area contributed by atoms with Crippen molar-refractivity contribution in [3.05, 3.63) is 0 Å².